The SMILES string of the molecule is Cc1ccc([C@@H]2OCCC[C@H]2C(=O)NCCOc2cccnc2)cc1. The van der Waals surface area contributed by atoms with E-state index in [1.807, 2.05) is 12.1 Å². The molecule has 25 heavy (non-hydrogen) atoms. The molecule has 1 saturated heterocycles. The molecule has 0 unspecified atom stereocenters. The van der Waals surface area contributed by atoms with Gasteiger partial charge in [0, 0.05) is 12.8 Å². The smallest absolute Gasteiger partial charge is 0.226 e. The molecule has 0 spiro atoms. The van der Waals surface area contributed by atoms with Crippen LogP contribution >= 0.6 is 0 Å². The maximum atomic E-state index is 12.6. The second kappa shape index (κ2) is 8.62. The zero-order chi connectivity index (χ0) is 17.5. The van der Waals surface area contributed by atoms with Crippen LogP contribution in [0.25, 0.3) is 0 Å². The summed E-state index contributed by atoms with van der Waals surface area (Å²) < 4.78 is 11.5. The van der Waals surface area contributed by atoms with Crippen LogP contribution in [-0.4, -0.2) is 30.6 Å². The van der Waals surface area contributed by atoms with Crippen LogP contribution in [0.4, 0.5) is 0 Å². The van der Waals surface area contributed by atoms with Gasteiger partial charge in [-0.2, -0.15) is 0 Å². The standard InChI is InChI=1S/C20H24N2O3/c1-15-6-8-16(9-7-15)19-18(5-3-12-25-19)20(23)22-11-13-24-17-4-2-10-21-14-17/h2,4,6-10,14,18-19H,3,5,11-13H2,1H3,(H,22,23)/t18-,19+/m1/s1. The Morgan fingerprint density at radius 3 is 2.92 bits per heavy atom. The van der Waals surface area contributed by atoms with Gasteiger partial charge in [-0.15, -0.1) is 0 Å². The maximum absolute atomic E-state index is 12.6. The minimum Gasteiger partial charge on any atom is -0.490 e. The molecule has 1 fully saturated rings. The Balaban J connectivity index is 1.53. The number of aromatic nitrogens is 1. The Bertz CT molecular complexity index is 673. The lowest BCUT2D eigenvalue weighted by Gasteiger charge is -2.31. The first-order valence-electron chi connectivity index (χ1n) is 8.73. The third-order valence-corrected chi connectivity index (χ3v) is 4.37. The van der Waals surface area contributed by atoms with Crippen molar-refractivity contribution >= 4 is 5.91 Å². The van der Waals surface area contributed by atoms with Gasteiger partial charge in [-0.1, -0.05) is 29.8 Å². The summed E-state index contributed by atoms with van der Waals surface area (Å²) in [5, 5.41) is 2.97. The summed E-state index contributed by atoms with van der Waals surface area (Å²) in [5.41, 5.74) is 2.27. The van der Waals surface area contributed by atoms with Crippen LogP contribution in [0, 0.1) is 12.8 Å². The quantitative estimate of drug-likeness (QED) is 0.821. The highest BCUT2D eigenvalue weighted by atomic mass is 16.5. The van der Waals surface area contributed by atoms with Crippen molar-refractivity contribution < 1.29 is 14.3 Å². The van der Waals surface area contributed by atoms with Gasteiger partial charge in [0.05, 0.1) is 24.8 Å². The normalized spacial score (nSPS) is 20.0. The molecule has 0 saturated carbocycles. The van der Waals surface area contributed by atoms with Gasteiger partial charge in [0.1, 0.15) is 12.4 Å². The molecule has 132 valence electrons. The highest BCUT2D eigenvalue weighted by Gasteiger charge is 2.32. The molecule has 1 amide bonds. The van der Waals surface area contributed by atoms with E-state index in [4.69, 9.17) is 9.47 Å². The van der Waals surface area contributed by atoms with Gasteiger partial charge < -0.3 is 14.8 Å². The Labute approximate surface area is 148 Å². The number of rotatable bonds is 6. The Morgan fingerprint density at radius 2 is 2.16 bits per heavy atom. The van der Waals surface area contributed by atoms with Gasteiger partial charge in [-0.25, -0.2) is 0 Å². The van der Waals surface area contributed by atoms with Gasteiger partial charge in [0.25, 0.3) is 0 Å². The van der Waals surface area contributed by atoms with Crippen LogP contribution in [0.1, 0.15) is 30.1 Å². The predicted molar refractivity (Wildman–Crippen MR) is 95.3 cm³/mol. The van der Waals surface area contributed by atoms with Crippen molar-refractivity contribution in [3.05, 3.63) is 59.9 Å². The highest BCUT2D eigenvalue weighted by molar-refractivity contribution is 5.79. The average molecular weight is 340 g/mol. The van der Waals surface area contributed by atoms with E-state index in [9.17, 15) is 4.79 Å². The zero-order valence-corrected chi connectivity index (χ0v) is 14.5. The fourth-order valence-corrected chi connectivity index (χ4v) is 3.04. The number of benzene rings is 1. The van der Waals surface area contributed by atoms with Crippen molar-refractivity contribution in [2.45, 2.75) is 25.9 Å². The molecule has 1 aromatic heterocycles. The van der Waals surface area contributed by atoms with E-state index in [0.717, 1.165) is 18.4 Å². The summed E-state index contributed by atoms with van der Waals surface area (Å²) in [7, 11) is 0. The first kappa shape index (κ1) is 17.4. The van der Waals surface area contributed by atoms with E-state index >= 15 is 0 Å². The van der Waals surface area contributed by atoms with Gasteiger partial charge >= 0.3 is 0 Å². The van der Waals surface area contributed by atoms with E-state index in [1.54, 1.807) is 12.4 Å². The fraction of sp³-hybridized carbons (Fsp3) is 0.400. The molecule has 2 aromatic rings. The van der Waals surface area contributed by atoms with E-state index in [0.29, 0.717) is 25.5 Å². The molecule has 1 aromatic carbocycles. The largest absolute Gasteiger partial charge is 0.490 e. The number of aryl methyl sites for hydroxylation is 1. The number of hydrogen-bond acceptors (Lipinski definition) is 4. The number of hydrogen-bond donors (Lipinski definition) is 1. The number of carbonyl (C=O) groups excluding carboxylic acids is 1. The fourth-order valence-electron chi connectivity index (χ4n) is 3.04. The van der Waals surface area contributed by atoms with Gasteiger partial charge in [0.2, 0.25) is 5.91 Å². The van der Waals surface area contributed by atoms with Crippen LogP contribution in [0.2, 0.25) is 0 Å². The molecule has 0 bridgehead atoms. The minimum absolute atomic E-state index is 0.0278. The molecular weight excluding hydrogens is 316 g/mol. The molecule has 2 heterocycles. The Hall–Kier alpha value is -2.40. The van der Waals surface area contributed by atoms with Gasteiger partial charge in [0.15, 0.2) is 0 Å². The van der Waals surface area contributed by atoms with Crippen LogP contribution < -0.4 is 10.1 Å². The summed E-state index contributed by atoms with van der Waals surface area (Å²) in [6.45, 7) is 3.63. The number of nitrogens with one attached hydrogen (secondary N) is 1. The lowest BCUT2D eigenvalue weighted by atomic mass is 9.88. The molecule has 5 heteroatoms. The van der Waals surface area contributed by atoms with Crippen LogP contribution in [0.3, 0.4) is 0 Å². The second-order valence-electron chi connectivity index (χ2n) is 6.28. The monoisotopic (exact) mass is 340 g/mol. The number of ether oxygens (including phenoxy) is 2. The lowest BCUT2D eigenvalue weighted by Crippen LogP contribution is -2.39. The summed E-state index contributed by atoms with van der Waals surface area (Å²) in [6.07, 6.45) is 4.93. The minimum atomic E-state index is -0.173. The molecule has 1 N–H and O–H groups in total. The second-order valence-corrected chi connectivity index (χ2v) is 6.28. The topological polar surface area (TPSA) is 60.5 Å². The van der Waals surface area contributed by atoms with E-state index in [1.165, 1.54) is 5.56 Å². The first-order valence-corrected chi connectivity index (χ1v) is 8.73. The third kappa shape index (κ3) is 4.79. The molecule has 0 radical (unpaired) electrons. The van der Waals surface area contributed by atoms with Crippen molar-refractivity contribution in [1.29, 1.82) is 0 Å². The summed E-state index contributed by atoms with van der Waals surface area (Å²) in [6, 6.07) is 11.9. The van der Waals surface area contributed by atoms with Crippen molar-refractivity contribution in [2.75, 3.05) is 19.8 Å². The van der Waals surface area contributed by atoms with Crippen molar-refractivity contribution in [1.82, 2.24) is 10.3 Å². The van der Waals surface area contributed by atoms with Crippen LogP contribution in [-0.2, 0) is 9.53 Å². The summed E-state index contributed by atoms with van der Waals surface area (Å²) >= 11 is 0. The van der Waals surface area contributed by atoms with Crippen molar-refractivity contribution in [3.63, 3.8) is 0 Å². The molecule has 1 aliphatic rings. The van der Waals surface area contributed by atoms with E-state index < -0.39 is 0 Å². The lowest BCUT2D eigenvalue weighted by molar-refractivity contribution is -0.134. The van der Waals surface area contributed by atoms with Gasteiger partial charge in [-0.3, -0.25) is 9.78 Å². The van der Waals surface area contributed by atoms with E-state index in [-0.39, 0.29) is 17.9 Å². The van der Waals surface area contributed by atoms with Crippen LogP contribution in [0.5, 0.6) is 5.75 Å². The average Bonchev–Trinajstić information content (AvgIpc) is 2.66. The first-order chi connectivity index (χ1) is 12.2. The number of amides is 1. The summed E-state index contributed by atoms with van der Waals surface area (Å²) in [4.78, 5) is 16.6. The molecule has 2 atom stereocenters. The number of pyridine rings is 1. The molecular formula is C20H24N2O3. The van der Waals surface area contributed by atoms with Crippen molar-refractivity contribution in [2.24, 2.45) is 5.92 Å². The number of carbonyl (C=O) groups is 1. The van der Waals surface area contributed by atoms with Crippen LogP contribution in [0.15, 0.2) is 48.8 Å². The Kier molecular flexibility index (Phi) is 6.01. The predicted octanol–water partition coefficient (Wildman–Crippen LogP) is 3.05. The molecule has 5 nitrogen and oxygen atoms in total. The van der Waals surface area contributed by atoms with Gasteiger partial charge in [-0.05, 0) is 37.5 Å². The molecule has 3 rings (SSSR count). The molecule has 0 aliphatic carbocycles. The Morgan fingerprint density at radius 1 is 1.32 bits per heavy atom. The molecule has 1 aliphatic heterocycles. The van der Waals surface area contributed by atoms with Crippen molar-refractivity contribution in [3.8, 4) is 5.75 Å². The highest BCUT2D eigenvalue weighted by Crippen LogP contribution is 2.33. The number of nitrogens with zero attached hydrogens (tertiary/aromatic N) is 1. The third-order valence-electron chi connectivity index (χ3n) is 4.37. The zero-order valence-electron chi connectivity index (χ0n) is 14.5. The maximum Gasteiger partial charge on any atom is 0.226 e. The van der Waals surface area contributed by atoms with E-state index in [2.05, 4.69) is 41.5 Å². The summed E-state index contributed by atoms with van der Waals surface area (Å²) in [5.74, 6) is 0.574.